The van der Waals surface area contributed by atoms with Crippen molar-refractivity contribution in [3.63, 3.8) is 0 Å². The molecule has 7 heteroatoms. The summed E-state index contributed by atoms with van der Waals surface area (Å²) in [5.41, 5.74) is 3.10. The van der Waals surface area contributed by atoms with Crippen LogP contribution in [0.1, 0.15) is 17.0 Å². The number of guanidine groups is 1. The molecule has 0 fully saturated rings. The van der Waals surface area contributed by atoms with Crippen LogP contribution in [-0.4, -0.2) is 37.0 Å². The van der Waals surface area contributed by atoms with E-state index in [1.807, 2.05) is 36.4 Å². The standard InChI is InChI=1S/C23H25N5O.HI/c1-24-23(27-17-22(29)28-20-13-8-14-25-15-20)26-16-21(18-9-4-2-5-10-18)19-11-6-3-7-12-19;/h2-15,21H,16-17H2,1H3,(H,28,29)(H2,24,26,27);1H. The van der Waals surface area contributed by atoms with Crippen LogP contribution in [0.3, 0.4) is 0 Å². The quantitative estimate of drug-likeness (QED) is 0.255. The average molecular weight is 515 g/mol. The zero-order valence-corrected chi connectivity index (χ0v) is 19.1. The second-order valence-corrected chi connectivity index (χ2v) is 6.47. The van der Waals surface area contributed by atoms with Gasteiger partial charge in [-0.1, -0.05) is 60.7 Å². The first kappa shape index (κ1) is 23.3. The zero-order chi connectivity index (χ0) is 20.3. The van der Waals surface area contributed by atoms with Crippen LogP contribution in [0.15, 0.2) is 90.2 Å². The Morgan fingerprint density at radius 2 is 1.57 bits per heavy atom. The van der Waals surface area contributed by atoms with Gasteiger partial charge in [-0.2, -0.15) is 0 Å². The number of nitrogens with one attached hydrogen (secondary N) is 3. The second-order valence-electron chi connectivity index (χ2n) is 6.47. The third-order valence-electron chi connectivity index (χ3n) is 4.46. The number of hydrogen-bond acceptors (Lipinski definition) is 3. The summed E-state index contributed by atoms with van der Waals surface area (Å²) in [7, 11) is 1.69. The number of aromatic nitrogens is 1. The van der Waals surface area contributed by atoms with E-state index in [9.17, 15) is 4.79 Å². The average Bonchev–Trinajstić information content (AvgIpc) is 2.78. The molecule has 0 saturated heterocycles. The van der Waals surface area contributed by atoms with Crippen molar-refractivity contribution in [3.05, 3.63) is 96.3 Å². The van der Waals surface area contributed by atoms with Crippen LogP contribution in [0.5, 0.6) is 0 Å². The van der Waals surface area contributed by atoms with E-state index in [0.717, 1.165) is 0 Å². The molecule has 0 spiro atoms. The van der Waals surface area contributed by atoms with Gasteiger partial charge in [0.25, 0.3) is 0 Å². The predicted octanol–water partition coefficient (Wildman–Crippen LogP) is 3.64. The van der Waals surface area contributed by atoms with Gasteiger partial charge in [0, 0.05) is 25.7 Å². The Morgan fingerprint density at radius 3 is 2.10 bits per heavy atom. The van der Waals surface area contributed by atoms with Crippen molar-refractivity contribution < 1.29 is 4.79 Å². The number of benzene rings is 2. The fourth-order valence-electron chi connectivity index (χ4n) is 3.02. The number of pyridine rings is 1. The second kappa shape index (κ2) is 12.6. The van der Waals surface area contributed by atoms with Crippen molar-refractivity contribution >= 4 is 41.5 Å². The van der Waals surface area contributed by atoms with Crippen molar-refractivity contribution in [2.45, 2.75) is 5.92 Å². The maximum atomic E-state index is 12.1. The van der Waals surface area contributed by atoms with Crippen LogP contribution in [0.25, 0.3) is 0 Å². The Morgan fingerprint density at radius 1 is 0.933 bits per heavy atom. The van der Waals surface area contributed by atoms with Crippen molar-refractivity contribution in [2.24, 2.45) is 4.99 Å². The lowest BCUT2D eigenvalue weighted by Crippen LogP contribution is -2.42. The molecular weight excluding hydrogens is 489 g/mol. The summed E-state index contributed by atoms with van der Waals surface area (Å²) >= 11 is 0. The SMILES string of the molecule is CN=C(NCC(=O)Nc1cccnc1)NCC(c1ccccc1)c1ccccc1.I. The molecule has 0 radical (unpaired) electrons. The summed E-state index contributed by atoms with van der Waals surface area (Å²) in [6, 6.07) is 24.3. The smallest absolute Gasteiger partial charge is 0.243 e. The lowest BCUT2D eigenvalue weighted by atomic mass is 9.91. The number of nitrogens with zero attached hydrogens (tertiary/aromatic N) is 2. The summed E-state index contributed by atoms with van der Waals surface area (Å²) < 4.78 is 0. The fraction of sp³-hybridized carbons (Fsp3) is 0.174. The third-order valence-corrected chi connectivity index (χ3v) is 4.46. The highest BCUT2D eigenvalue weighted by Gasteiger charge is 2.14. The first-order valence-corrected chi connectivity index (χ1v) is 9.50. The van der Waals surface area contributed by atoms with Gasteiger partial charge in [-0.3, -0.25) is 14.8 Å². The molecule has 1 aromatic heterocycles. The highest BCUT2D eigenvalue weighted by Crippen LogP contribution is 2.23. The fourth-order valence-corrected chi connectivity index (χ4v) is 3.02. The van der Waals surface area contributed by atoms with Crippen LogP contribution in [0.4, 0.5) is 5.69 Å². The van der Waals surface area contributed by atoms with Crippen LogP contribution in [0, 0.1) is 0 Å². The van der Waals surface area contributed by atoms with Crippen LogP contribution in [-0.2, 0) is 4.79 Å². The van der Waals surface area contributed by atoms with Crippen molar-refractivity contribution in [1.82, 2.24) is 15.6 Å². The van der Waals surface area contributed by atoms with E-state index >= 15 is 0 Å². The van der Waals surface area contributed by atoms with Crippen LogP contribution < -0.4 is 16.0 Å². The molecule has 1 heterocycles. The van der Waals surface area contributed by atoms with E-state index in [2.05, 4.69) is 50.2 Å². The van der Waals surface area contributed by atoms with E-state index in [1.165, 1.54) is 11.1 Å². The number of carbonyl (C=O) groups excluding carboxylic acids is 1. The molecule has 0 unspecified atom stereocenters. The molecule has 1 amide bonds. The third kappa shape index (κ3) is 7.14. The van der Waals surface area contributed by atoms with Crippen LogP contribution in [0.2, 0.25) is 0 Å². The Labute approximate surface area is 194 Å². The number of rotatable bonds is 7. The summed E-state index contributed by atoms with van der Waals surface area (Å²) in [5.74, 6) is 0.576. The number of anilines is 1. The van der Waals surface area contributed by atoms with Gasteiger partial charge in [-0.25, -0.2) is 0 Å². The van der Waals surface area contributed by atoms with Gasteiger partial charge >= 0.3 is 0 Å². The summed E-state index contributed by atoms with van der Waals surface area (Å²) in [6.45, 7) is 0.758. The van der Waals surface area contributed by atoms with Gasteiger partial charge in [0.15, 0.2) is 5.96 Å². The number of amides is 1. The molecule has 3 aromatic rings. The maximum absolute atomic E-state index is 12.1. The van der Waals surface area contributed by atoms with E-state index in [0.29, 0.717) is 18.2 Å². The van der Waals surface area contributed by atoms with Crippen LogP contribution >= 0.6 is 24.0 Å². The van der Waals surface area contributed by atoms with E-state index < -0.39 is 0 Å². The van der Waals surface area contributed by atoms with Gasteiger partial charge in [-0.15, -0.1) is 24.0 Å². The number of carbonyl (C=O) groups is 1. The predicted molar refractivity (Wildman–Crippen MR) is 132 cm³/mol. The number of halogens is 1. The Hall–Kier alpha value is -2.94. The molecule has 0 atom stereocenters. The molecule has 6 nitrogen and oxygen atoms in total. The monoisotopic (exact) mass is 515 g/mol. The summed E-state index contributed by atoms with van der Waals surface area (Å²) in [5, 5.41) is 9.18. The minimum Gasteiger partial charge on any atom is -0.355 e. The molecule has 156 valence electrons. The van der Waals surface area contributed by atoms with Gasteiger partial charge in [0.05, 0.1) is 18.4 Å². The molecule has 0 saturated carbocycles. The van der Waals surface area contributed by atoms with Gasteiger partial charge in [-0.05, 0) is 23.3 Å². The Kier molecular flexibility index (Phi) is 9.79. The lowest BCUT2D eigenvalue weighted by molar-refractivity contribution is -0.115. The highest BCUT2D eigenvalue weighted by atomic mass is 127. The summed E-state index contributed by atoms with van der Waals surface area (Å²) in [4.78, 5) is 20.3. The summed E-state index contributed by atoms with van der Waals surface area (Å²) in [6.07, 6.45) is 3.27. The topological polar surface area (TPSA) is 78.4 Å². The Bertz CT molecular complexity index is 881. The minimum absolute atomic E-state index is 0. The molecule has 0 bridgehead atoms. The Balaban J connectivity index is 0.00000320. The molecule has 2 aromatic carbocycles. The first-order chi connectivity index (χ1) is 14.3. The first-order valence-electron chi connectivity index (χ1n) is 9.50. The van der Waals surface area contributed by atoms with E-state index in [-0.39, 0.29) is 42.3 Å². The number of aliphatic imine (C=N–C) groups is 1. The molecule has 30 heavy (non-hydrogen) atoms. The molecule has 0 aliphatic rings. The van der Waals surface area contributed by atoms with Gasteiger partial charge in [0.1, 0.15) is 0 Å². The molecule has 0 aliphatic carbocycles. The molecule has 3 rings (SSSR count). The minimum atomic E-state index is -0.163. The van der Waals surface area contributed by atoms with Gasteiger partial charge in [0.2, 0.25) is 5.91 Å². The highest BCUT2D eigenvalue weighted by molar-refractivity contribution is 14.0. The van der Waals surface area contributed by atoms with Crippen molar-refractivity contribution in [2.75, 3.05) is 25.5 Å². The molecule has 3 N–H and O–H groups in total. The normalized spacial score (nSPS) is 10.8. The maximum Gasteiger partial charge on any atom is 0.243 e. The van der Waals surface area contributed by atoms with Gasteiger partial charge < -0.3 is 16.0 Å². The molecule has 0 aliphatic heterocycles. The van der Waals surface area contributed by atoms with E-state index in [1.54, 1.807) is 31.6 Å². The van der Waals surface area contributed by atoms with E-state index in [4.69, 9.17) is 0 Å². The van der Waals surface area contributed by atoms with Crippen molar-refractivity contribution in [3.8, 4) is 0 Å². The lowest BCUT2D eigenvalue weighted by Gasteiger charge is -2.20. The van der Waals surface area contributed by atoms with Crippen molar-refractivity contribution in [1.29, 1.82) is 0 Å². The molecular formula is C23H26IN5O. The largest absolute Gasteiger partial charge is 0.355 e. The number of hydrogen-bond donors (Lipinski definition) is 3. The zero-order valence-electron chi connectivity index (χ0n) is 16.8.